The van der Waals surface area contributed by atoms with Crippen LogP contribution in [0.4, 0.5) is 5.69 Å². The van der Waals surface area contributed by atoms with Crippen LogP contribution in [0.25, 0.3) is 0 Å². The Morgan fingerprint density at radius 1 is 1.35 bits per heavy atom. The van der Waals surface area contributed by atoms with Crippen molar-refractivity contribution in [2.24, 2.45) is 5.92 Å². The van der Waals surface area contributed by atoms with Crippen molar-refractivity contribution in [3.63, 3.8) is 0 Å². The molecule has 112 valence electrons. The standard InChI is InChI=1S/C16H25ClN2O/c1-2-7-18-11-14-3-4-15(17)10-16(14)19-8-5-13(12-20)6-9-19/h3-4,10,13,18,20H,2,5-9,11-12H2,1H3. The fraction of sp³-hybridized carbons (Fsp3) is 0.625. The summed E-state index contributed by atoms with van der Waals surface area (Å²) in [6, 6.07) is 6.16. The molecule has 1 aliphatic rings. The topological polar surface area (TPSA) is 35.5 Å². The van der Waals surface area contributed by atoms with Crippen LogP contribution in [0.5, 0.6) is 0 Å². The molecule has 1 aromatic carbocycles. The highest BCUT2D eigenvalue weighted by Crippen LogP contribution is 2.29. The number of nitrogens with one attached hydrogen (secondary N) is 1. The maximum atomic E-state index is 9.24. The fourth-order valence-electron chi connectivity index (χ4n) is 2.74. The van der Waals surface area contributed by atoms with Crippen molar-refractivity contribution < 1.29 is 5.11 Å². The van der Waals surface area contributed by atoms with Gasteiger partial charge in [0.05, 0.1) is 0 Å². The van der Waals surface area contributed by atoms with Gasteiger partial charge in [0.25, 0.3) is 0 Å². The second-order valence-corrected chi connectivity index (χ2v) is 6.00. The monoisotopic (exact) mass is 296 g/mol. The summed E-state index contributed by atoms with van der Waals surface area (Å²) in [5.74, 6) is 0.465. The van der Waals surface area contributed by atoms with Gasteiger partial charge in [-0.05, 0) is 49.4 Å². The van der Waals surface area contributed by atoms with E-state index < -0.39 is 0 Å². The van der Waals surface area contributed by atoms with Crippen LogP contribution in [0.2, 0.25) is 5.02 Å². The Morgan fingerprint density at radius 3 is 2.75 bits per heavy atom. The first-order valence-electron chi connectivity index (χ1n) is 7.59. The minimum absolute atomic E-state index is 0.314. The summed E-state index contributed by atoms with van der Waals surface area (Å²) in [5, 5.41) is 13.5. The molecule has 1 heterocycles. The van der Waals surface area contributed by atoms with Crippen LogP contribution < -0.4 is 10.2 Å². The summed E-state index contributed by atoms with van der Waals surface area (Å²) in [6.07, 6.45) is 3.26. The number of hydrogen-bond acceptors (Lipinski definition) is 3. The number of piperidine rings is 1. The first-order chi connectivity index (χ1) is 9.74. The third-order valence-electron chi connectivity index (χ3n) is 4.00. The molecule has 0 atom stereocenters. The first kappa shape index (κ1) is 15.6. The van der Waals surface area contributed by atoms with E-state index in [1.165, 1.54) is 11.3 Å². The summed E-state index contributed by atoms with van der Waals surface area (Å²) in [6.45, 7) is 6.43. The lowest BCUT2D eigenvalue weighted by Gasteiger charge is -2.34. The van der Waals surface area contributed by atoms with Crippen molar-refractivity contribution in [2.45, 2.75) is 32.7 Å². The number of anilines is 1. The number of aliphatic hydroxyl groups excluding tert-OH is 1. The van der Waals surface area contributed by atoms with E-state index in [0.29, 0.717) is 12.5 Å². The van der Waals surface area contributed by atoms with Crippen molar-refractivity contribution in [1.82, 2.24) is 5.32 Å². The van der Waals surface area contributed by atoms with Gasteiger partial charge >= 0.3 is 0 Å². The Morgan fingerprint density at radius 2 is 2.10 bits per heavy atom. The number of nitrogens with zero attached hydrogens (tertiary/aromatic N) is 1. The maximum Gasteiger partial charge on any atom is 0.0460 e. The highest BCUT2D eigenvalue weighted by molar-refractivity contribution is 6.30. The first-order valence-corrected chi connectivity index (χ1v) is 7.97. The third-order valence-corrected chi connectivity index (χ3v) is 4.24. The molecule has 4 heteroatoms. The minimum atomic E-state index is 0.314. The molecule has 0 amide bonds. The zero-order valence-corrected chi connectivity index (χ0v) is 13.0. The lowest BCUT2D eigenvalue weighted by molar-refractivity contribution is 0.203. The van der Waals surface area contributed by atoms with Crippen molar-refractivity contribution >= 4 is 17.3 Å². The van der Waals surface area contributed by atoms with Crippen LogP contribution in [0.1, 0.15) is 31.7 Å². The van der Waals surface area contributed by atoms with Gasteiger partial charge in [-0.15, -0.1) is 0 Å². The van der Waals surface area contributed by atoms with Gasteiger partial charge in [0.2, 0.25) is 0 Å². The number of halogens is 1. The molecule has 2 rings (SSSR count). The average Bonchev–Trinajstić information content (AvgIpc) is 2.49. The molecule has 0 aliphatic carbocycles. The van der Waals surface area contributed by atoms with E-state index in [1.54, 1.807) is 0 Å². The van der Waals surface area contributed by atoms with Crippen LogP contribution in [0.3, 0.4) is 0 Å². The molecule has 0 saturated carbocycles. The van der Waals surface area contributed by atoms with E-state index in [2.05, 4.69) is 29.3 Å². The van der Waals surface area contributed by atoms with Crippen LogP contribution in [-0.4, -0.2) is 31.3 Å². The second kappa shape index (κ2) is 7.87. The molecule has 1 aromatic rings. The Bertz CT molecular complexity index is 417. The maximum absolute atomic E-state index is 9.24. The molecular formula is C16H25ClN2O. The van der Waals surface area contributed by atoms with Crippen LogP contribution >= 0.6 is 11.6 Å². The van der Waals surface area contributed by atoms with Crippen molar-refractivity contribution in [1.29, 1.82) is 0 Å². The Balaban J connectivity index is 2.06. The Labute approximate surface area is 126 Å². The molecule has 1 aliphatic heterocycles. The van der Waals surface area contributed by atoms with Gasteiger partial charge in [-0.1, -0.05) is 24.6 Å². The van der Waals surface area contributed by atoms with Crippen LogP contribution in [0.15, 0.2) is 18.2 Å². The summed E-state index contributed by atoms with van der Waals surface area (Å²) >= 11 is 6.17. The van der Waals surface area contributed by atoms with E-state index in [1.807, 2.05) is 6.07 Å². The molecule has 1 saturated heterocycles. The van der Waals surface area contributed by atoms with Crippen LogP contribution in [0, 0.1) is 5.92 Å². The largest absolute Gasteiger partial charge is 0.396 e. The summed E-state index contributed by atoms with van der Waals surface area (Å²) < 4.78 is 0. The summed E-state index contributed by atoms with van der Waals surface area (Å²) in [5.41, 5.74) is 2.56. The lowest BCUT2D eigenvalue weighted by atomic mass is 9.97. The second-order valence-electron chi connectivity index (χ2n) is 5.56. The molecule has 1 fully saturated rings. The van der Waals surface area contributed by atoms with Crippen LogP contribution in [-0.2, 0) is 6.54 Å². The molecule has 2 N–H and O–H groups in total. The van der Waals surface area contributed by atoms with E-state index in [9.17, 15) is 5.11 Å². The van der Waals surface area contributed by atoms with Gasteiger partial charge in [-0.3, -0.25) is 0 Å². The highest BCUT2D eigenvalue weighted by Gasteiger charge is 2.20. The van der Waals surface area contributed by atoms with Crippen molar-refractivity contribution in [3.8, 4) is 0 Å². The summed E-state index contributed by atoms with van der Waals surface area (Å²) in [4.78, 5) is 2.40. The molecular weight excluding hydrogens is 272 g/mol. The van der Waals surface area contributed by atoms with Crippen molar-refractivity contribution in [2.75, 3.05) is 31.1 Å². The lowest BCUT2D eigenvalue weighted by Crippen LogP contribution is -2.35. The smallest absolute Gasteiger partial charge is 0.0460 e. The number of hydrogen-bond donors (Lipinski definition) is 2. The molecule has 0 unspecified atom stereocenters. The highest BCUT2D eigenvalue weighted by atomic mass is 35.5. The normalized spacial score (nSPS) is 16.6. The van der Waals surface area contributed by atoms with Gasteiger partial charge < -0.3 is 15.3 Å². The van der Waals surface area contributed by atoms with Gasteiger partial charge in [0.1, 0.15) is 0 Å². The van der Waals surface area contributed by atoms with Crippen molar-refractivity contribution in [3.05, 3.63) is 28.8 Å². The van der Waals surface area contributed by atoms with E-state index in [4.69, 9.17) is 11.6 Å². The predicted octanol–water partition coefficient (Wildman–Crippen LogP) is 3.05. The fourth-order valence-corrected chi connectivity index (χ4v) is 2.90. The van der Waals surface area contributed by atoms with E-state index >= 15 is 0 Å². The molecule has 0 spiro atoms. The predicted molar refractivity (Wildman–Crippen MR) is 85.5 cm³/mol. The third kappa shape index (κ3) is 4.11. The Hall–Kier alpha value is -0.770. The summed E-state index contributed by atoms with van der Waals surface area (Å²) in [7, 11) is 0. The number of benzene rings is 1. The quantitative estimate of drug-likeness (QED) is 0.792. The van der Waals surface area contributed by atoms with E-state index in [-0.39, 0.29) is 0 Å². The molecule has 0 bridgehead atoms. The van der Waals surface area contributed by atoms with Gasteiger partial charge in [0.15, 0.2) is 0 Å². The molecule has 20 heavy (non-hydrogen) atoms. The minimum Gasteiger partial charge on any atom is -0.396 e. The molecule has 0 radical (unpaired) electrons. The van der Waals surface area contributed by atoms with Gasteiger partial charge in [-0.2, -0.15) is 0 Å². The Kier molecular flexibility index (Phi) is 6.14. The number of rotatable bonds is 6. The van der Waals surface area contributed by atoms with Gasteiger partial charge in [-0.25, -0.2) is 0 Å². The SMILES string of the molecule is CCCNCc1ccc(Cl)cc1N1CCC(CO)CC1. The zero-order valence-electron chi connectivity index (χ0n) is 12.2. The number of aliphatic hydroxyl groups is 1. The molecule has 0 aromatic heterocycles. The van der Waals surface area contributed by atoms with Gasteiger partial charge in [0, 0.05) is 37.0 Å². The van der Waals surface area contributed by atoms with E-state index in [0.717, 1.165) is 50.5 Å². The zero-order chi connectivity index (χ0) is 14.4. The molecule has 3 nitrogen and oxygen atoms in total. The average molecular weight is 297 g/mol.